The first-order valence-electron chi connectivity index (χ1n) is 6.22. The zero-order valence-corrected chi connectivity index (χ0v) is 11.5. The SMILES string of the molecule is CCc1c[nH]c2ncnc(Nc3ccc(F)c(Cl)c3)c12. The van der Waals surface area contributed by atoms with Gasteiger partial charge in [0.15, 0.2) is 0 Å². The molecule has 0 aliphatic heterocycles. The predicted molar refractivity (Wildman–Crippen MR) is 78.0 cm³/mol. The van der Waals surface area contributed by atoms with Gasteiger partial charge in [-0.05, 0) is 30.2 Å². The fraction of sp³-hybridized carbons (Fsp3) is 0.143. The molecular weight excluding hydrogens is 279 g/mol. The third-order valence-corrected chi connectivity index (χ3v) is 3.40. The molecule has 0 unspecified atom stereocenters. The summed E-state index contributed by atoms with van der Waals surface area (Å²) < 4.78 is 13.2. The summed E-state index contributed by atoms with van der Waals surface area (Å²) in [6.45, 7) is 2.06. The van der Waals surface area contributed by atoms with E-state index in [1.807, 2.05) is 6.20 Å². The van der Waals surface area contributed by atoms with Crippen LogP contribution in [0, 0.1) is 5.82 Å². The average molecular weight is 291 g/mol. The van der Waals surface area contributed by atoms with Crippen molar-refractivity contribution in [1.29, 1.82) is 0 Å². The van der Waals surface area contributed by atoms with Gasteiger partial charge < -0.3 is 10.3 Å². The molecule has 4 nitrogen and oxygen atoms in total. The lowest BCUT2D eigenvalue weighted by molar-refractivity contribution is 0.628. The molecule has 0 saturated carbocycles. The van der Waals surface area contributed by atoms with Crippen molar-refractivity contribution in [3.8, 4) is 0 Å². The van der Waals surface area contributed by atoms with Crippen LogP contribution in [0.2, 0.25) is 5.02 Å². The van der Waals surface area contributed by atoms with Gasteiger partial charge in [-0.3, -0.25) is 0 Å². The van der Waals surface area contributed by atoms with Crippen LogP contribution in [0.25, 0.3) is 11.0 Å². The van der Waals surface area contributed by atoms with Crippen molar-refractivity contribution in [2.75, 3.05) is 5.32 Å². The number of nitrogens with zero attached hydrogens (tertiary/aromatic N) is 2. The number of aryl methyl sites for hydroxylation is 1. The van der Waals surface area contributed by atoms with Gasteiger partial charge in [-0.2, -0.15) is 0 Å². The third kappa shape index (κ3) is 2.20. The van der Waals surface area contributed by atoms with Gasteiger partial charge in [-0.15, -0.1) is 0 Å². The standard InChI is InChI=1S/C14H12ClFN4/c1-2-8-6-17-13-12(8)14(19-7-18-13)20-9-3-4-11(16)10(15)5-9/h3-7H,2H2,1H3,(H2,17,18,19,20). The minimum Gasteiger partial charge on any atom is -0.346 e. The van der Waals surface area contributed by atoms with E-state index in [9.17, 15) is 4.39 Å². The van der Waals surface area contributed by atoms with Crippen molar-refractivity contribution in [1.82, 2.24) is 15.0 Å². The van der Waals surface area contributed by atoms with Crippen molar-refractivity contribution in [2.45, 2.75) is 13.3 Å². The van der Waals surface area contributed by atoms with Crippen molar-refractivity contribution in [2.24, 2.45) is 0 Å². The van der Waals surface area contributed by atoms with Gasteiger partial charge in [-0.1, -0.05) is 18.5 Å². The van der Waals surface area contributed by atoms with E-state index in [-0.39, 0.29) is 5.02 Å². The van der Waals surface area contributed by atoms with Crippen LogP contribution in [0.3, 0.4) is 0 Å². The molecule has 0 fully saturated rings. The summed E-state index contributed by atoms with van der Waals surface area (Å²) in [6.07, 6.45) is 4.26. The number of rotatable bonds is 3. The molecule has 3 rings (SSSR count). The van der Waals surface area contributed by atoms with Crippen LogP contribution in [0.4, 0.5) is 15.9 Å². The van der Waals surface area contributed by atoms with E-state index >= 15 is 0 Å². The predicted octanol–water partition coefficient (Wildman–Crippen LogP) is 4.06. The first kappa shape index (κ1) is 12.9. The van der Waals surface area contributed by atoms with E-state index in [1.165, 1.54) is 18.5 Å². The molecule has 6 heteroatoms. The number of H-pyrrole nitrogens is 1. The zero-order chi connectivity index (χ0) is 14.1. The maximum Gasteiger partial charge on any atom is 0.143 e. The maximum atomic E-state index is 13.2. The lowest BCUT2D eigenvalue weighted by Crippen LogP contribution is -1.96. The Balaban J connectivity index is 2.05. The van der Waals surface area contributed by atoms with Gasteiger partial charge in [0.1, 0.15) is 23.6 Å². The normalized spacial score (nSPS) is 10.9. The molecule has 0 aliphatic carbocycles. The van der Waals surface area contributed by atoms with Crippen LogP contribution in [-0.4, -0.2) is 15.0 Å². The van der Waals surface area contributed by atoms with Crippen molar-refractivity contribution < 1.29 is 4.39 Å². The number of benzene rings is 1. The Morgan fingerprint density at radius 3 is 2.95 bits per heavy atom. The number of hydrogen-bond donors (Lipinski definition) is 2. The van der Waals surface area contributed by atoms with E-state index in [1.54, 1.807) is 6.07 Å². The third-order valence-electron chi connectivity index (χ3n) is 3.11. The first-order valence-corrected chi connectivity index (χ1v) is 6.60. The average Bonchev–Trinajstić information content (AvgIpc) is 2.87. The highest BCUT2D eigenvalue weighted by Crippen LogP contribution is 2.28. The topological polar surface area (TPSA) is 53.6 Å². The fourth-order valence-corrected chi connectivity index (χ4v) is 2.29. The monoisotopic (exact) mass is 290 g/mol. The van der Waals surface area contributed by atoms with Crippen LogP contribution < -0.4 is 5.32 Å². The van der Waals surface area contributed by atoms with E-state index in [2.05, 4.69) is 27.2 Å². The van der Waals surface area contributed by atoms with E-state index < -0.39 is 5.82 Å². The number of hydrogen-bond acceptors (Lipinski definition) is 3. The largest absolute Gasteiger partial charge is 0.346 e. The molecule has 0 spiro atoms. The van der Waals surface area contributed by atoms with Crippen LogP contribution in [-0.2, 0) is 6.42 Å². The van der Waals surface area contributed by atoms with Crippen LogP contribution in [0.15, 0.2) is 30.7 Å². The Morgan fingerprint density at radius 1 is 1.35 bits per heavy atom. The number of aromatic amines is 1. The Morgan fingerprint density at radius 2 is 2.20 bits per heavy atom. The summed E-state index contributed by atoms with van der Waals surface area (Å²) in [7, 11) is 0. The van der Waals surface area contributed by atoms with Crippen LogP contribution in [0.5, 0.6) is 0 Å². The Kier molecular flexibility index (Phi) is 3.28. The van der Waals surface area contributed by atoms with Crippen molar-refractivity contribution >= 4 is 34.1 Å². The summed E-state index contributed by atoms with van der Waals surface area (Å²) in [6, 6.07) is 4.47. The molecule has 0 amide bonds. The molecular formula is C14H12ClFN4. The number of aromatic nitrogens is 3. The van der Waals surface area contributed by atoms with E-state index in [0.29, 0.717) is 11.5 Å². The van der Waals surface area contributed by atoms with Crippen LogP contribution in [0.1, 0.15) is 12.5 Å². The lowest BCUT2D eigenvalue weighted by atomic mass is 10.2. The molecule has 3 aromatic rings. The van der Waals surface area contributed by atoms with Crippen molar-refractivity contribution in [3.63, 3.8) is 0 Å². The highest BCUT2D eigenvalue weighted by atomic mass is 35.5. The molecule has 2 aromatic heterocycles. The second kappa shape index (κ2) is 5.09. The van der Waals surface area contributed by atoms with Gasteiger partial charge >= 0.3 is 0 Å². The fourth-order valence-electron chi connectivity index (χ4n) is 2.11. The Bertz CT molecular complexity index is 769. The summed E-state index contributed by atoms with van der Waals surface area (Å²) in [4.78, 5) is 11.6. The quantitative estimate of drug-likeness (QED) is 0.765. The summed E-state index contributed by atoms with van der Waals surface area (Å²) in [5.41, 5.74) is 2.57. The minimum atomic E-state index is -0.444. The summed E-state index contributed by atoms with van der Waals surface area (Å²) in [5, 5.41) is 4.17. The number of anilines is 2. The lowest BCUT2D eigenvalue weighted by Gasteiger charge is -2.08. The van der Waals surface area contributed by atoms with Gasteiger partial charge in [-0.25, -0.2) is 14.4 Å². The van der Waals surface area contributed by atoms with Gasteiger partial charge in [0.2, 0.25) is 0 Å². The van der Waals surface area contributed by atoms with Gasteiger partial charge in [0, 0.05) is 11.9 Å². The molecule has 0 aliphatic rings. The first-order chi connectivity index (χ1) is 9.69. The van der Waals surface area contributed by atoms with Crippen LogP contribution >= 0.6 is 11.6 Å². The number of halogens is 2. The molecule has 2 N–H and O–H groups in total. The second-order valence-corrected chi connectivity index (χ2v) is 4.77. The summed E-state index contributed by atoms with van der Waals surface area (Å²) in [5.74, 6) is 0.233. The highest BCUT2D eigenvalue weighted by molar-refractivity contribution is 6.31. The Hall–Kier alpha value is -2.14. The smallest absolute Gasteiger partial charge is 0.143 e. The molecule has 102 valence electrons. The number of nitrogens with one attached hydrogen (secondary N) is 2. The van der Waals surface area contributed by atoms with Gasteiger partial charge in [0.25, 0.3) is 0 Å². The van der Waals surface area contributed by atoms with E-state index in [4.69, 9.17) is 11.6 Å². The molecule has 1 aromatic carbocycles. The molecule has 20 heavy (non-hydrogen) atoms. The van der Waals surface area contributed by atoms with Gasteiger partial charge in [0.05, 0.1) is 10.4 Å². The highest BCUT2D eigenvalue weighted by Gasteiger charge is 2.10. The number of fused-ring (bicyclic) bond motifs is 1. The van der Waals surface area contributed by atoms with E-state index in [0.717, 1.165) is 23.0 Å². The second-order valence-electron chi connectivity index (χ2n) is 4.37. The zero-order valence-electron chi connectivity index (χ0n) is 10.7. The maximum absolute atomic E-state index is 13.2. The molecule has 2 heterocycles. The summed E-state index contributed by atoms with van der Waals surface area (Å²) >= 11 is 5.78. The molecule has 0 saturated heterocycles. The Labute approximate surface area is 120 Å². The minimum absolute atomic E-state index is 0.0742. The van der Waals surface area contributed by atoms with Crippen molar-refractivity contribution in [3.05, 3.63) is 47.1 Å². The molecule has 0 atom stereocenters. The molecule has 0 radical (unpaired) electrons. The molecule has 0 bridgehead atoms.